The fourth-order valence-corrected chi connectivity index (χ4v) is 1.83. The standard InChI is InChI=1S/C9H13NO2S/c10-5-6-13-7-9(11)12-8-3-1-2-4-8/h8H,1-4,6-7H2. The Morgan fingerprint density at radius 1 is 1.54 bits per heavy atom. The highest BCUT2D eigenvalue weighted by molar-refractivity contribution is 8.00. The lowest BCUT2D eigenvalue weighted by Crippen LogP contribution is -2.16. The first-order valence-electron chi connectivity index (χ1n) is 4.47. The smallest absolute Gasteiger partial charge is 0.316 e. The molecule has 72 valence electrons. The van der Waals surface area contributed by atoms with Gasteiger partial charge >= 0.3 is 5.97 Å². The zero-order chi connectivity index (χ0) is 9.52. The Kier molecular flexibility index (Phi) is 4.69. The molecule has 1 aliphatic rings. The van der Waals surface area contributed by atoms with Crippen LogP contribution in [-0.2, 0) is 9.53 Å². The number of hydrogen-bond donors (Lipinski definition) is 0. The van der Waals surface area contributed by atoms with Crippen molar-refractivity contribution in [1.82, 2.24) is 0 Å². The Bertz CT molecular complexity index is 206. The molecule has 0 atom stereocenters. The fraction of sp³-hybridized carbons (Fsp3) is 0.778. The van der Waals surface area contributed by atoms with E-state index in [2.05, 4.69) is 0 Å². The number of esters is 1. The van der Waals surface area contributed by atoms with Crippen molar-refractivity contribution in [3.8, 4) is 6.07 Å². The zero-order valence-electron chi connectivity index (χ0n) is 7.49. The summed E-state index contributed by atoms with van der Waals surface area (Å²) >= 11 is 1.31. The van der Waals surface area contributed by atoms with Crippen molar-refractivity contribution in [1.29, 1.82) is 5.26 Å². The van der Waals surface area contributed by atoms with E-state index in [1.807, 2.05) is 6.07 Å². The summed E-state index contributed by atoms with van der Waals surface area (Å²) in [6.07, 6.45) is 4.51. The third-order valence-electron chi connectivity index (χ3n) is 1.99. The van der Waals surface area contributed by atoms with Crippen LogP contribution in [0.1, 0.15) is 25.7 Å². The van der Waals surface area contributed by atoms with Gasteiger partial charge in [0.25, 0.3) is 0 Å². The second-order valence-corrected chi connectivity index (χ2v) is 4.03. The first-order chi connectivity index (χ1) is 6.33. The van der Waals surface area contributed by atoms with Crippen molar-refractivity contribution < 1.29 is 9.53 Å². The van der Waals surface area contributed by atoms with Gasteiger partial charge in [0.15, 0.2) is 0 Å². The van der Waals surface area contributed by atoms with Crippen molar-refractivity contribution in [3.63, 3.8) is 0 Å². The van der Waals surface area contributed by atoms with Gasteiger partial charge in [0.05, 0.1) is 17.6 Å². The lowest BCUT2D eigenvalue weighted by atomic mass is 10.3. The first kappa shape index (κ1) is 10.4. The van der Waals surface area contributed by atoms with Crippen molar-refractivity contribution in [3.05, 3.63) is 0 Å². The lowest BCUT2D eigenvalue weighted by molar-refractivity contribution is -0.145. The van der Waals surface area contributed by atoms with Crippen molar-refractivity contribution >= 4 is 17.7 Å². The number of nitriles is 1. The second kappa shape index (κ2) is 5.87. The van der Waals surface area contributed by atoms with Crippen molar-refractivity contribution in [2.24, 2.45) is 0 Å². The minimum atomic E-state index is -0.174. The summed E-state index contributed by atoms with van der Waals surface area (Å²) in [6.45, 7) is 0. The minimum absolute atomic E-state index is 0.148. The maximum absolute atomic E-state index is 11.1. The van der Waals surface area contributed by atoms with E-state index in [0.717, 1.165) is 12.8 Å². The topological polar surface area (TPSA) is 50.1 Å². The molecule has 0 radical (unpaired) electrons. The Balaban J connectivity index is 2.07. The van der Waals surface area contributed by atoms with Crippen LogP contribution in [0.5, 0.6) is 0 Å². The Labute approximate surface area is 82.4 Å². The summed E-state index contributed by atoms with van der Waals surface area (Å²) < 4.78 is 5.19. The highest BCUT2D eigenvalue weighted by Crippen LogP contribution is 2.21. The maximum Gasteiger partial charge on any atom is 0.316 e. The predicted molar refractivity (Wildman–Crippen MR) is 51.3 cm³/mol. The molecule has 0 bridgehead atoms. The first-order valence-corrected chi connectivity index (χ1v) is 5.62. The van der Waals surface area contributed by atoms with E-state index in [1.165, 1.54) is 24.6 Å². The molecule has 0 unspecified atom stereocenters. The highest BCUT2D eigenvalue weighted by atomic mass is 32.2. The Morgan fingerprint density at radius 2 is 2.23 bits per heavy atom. The molecular weight excluding hydrogens is 186 g/mol. The van der Waals surface area contributed by atoms with Gasteiger partial charge in [-0.05, 0) is 25.7 Å². The van der Waals surface area contributed by atoms with E-state index in [4.69, 9.17) is 10.00 Å². The van der Waals surface area contributed by atoms with Crippen LogP contribution >= 0.6 is 11.8 Å². The largest absolute Gasteiger partial charge is 0.462 e. The van der Waals surface area contributed by atoms with Crippen LogP contribution in [0, 0.1) is 11.3 Å². The summed E-state index contributed by atoms with van der Waals surface area (Å²) in [4.78, 5) is 11.1. The van der Waals surface area contributed by atoms with Crippen LogP contribution in [-0.4, -0.2) is 23.6 Å². The highest BCUT2D eigenvalue weighted by Gasteiger charge is 2.18. The summed E-state index contributed by atoms with van der Waals surface area (Å²) in [5.74, 6) is 0.497. The van der Waals surface area contributed by atoms with Crippen LogP contribution in [0.3, 0.4) is 0 Å². The third-order valence-corrected chi connectivity index (χ3v) is 2.76. The van der Waals surface area contributed by atoms with Gasteiger partial charge < -0.3 is 4.74 Å². The van der Waals surface area contributed by atoms with Crippen LogP contribution in [0.4, 0.5) is 0 Å². The zero-order valence-corrected chi connectivity index (χ0v) is 8.31. The maximum atomic E-state index is 11.1. The van der Waals surface area contributed by atoms with Crippen LogP contribution in [0.2, 0.25) is 0 Å². The number of ether oxygens (including phenoxy) is 1. The summed E-state index contributed by atoms with van der Waals surface area (Å²) in [5.41, 5.74) is 0. The van der Waals surface area contributed by atoms with E-state index in [-0.39, 0.29) is 12.1 Å². The molecule has 3 nitrogen and oxygen atoms in total. The summed E-state index contributed by atoms with van der Waals surface area (Å²) in [5, 5.41) is 8.24. The molecule has 1 fully saturated rings. The predicted octanol–water partition coefficient (Wildman–Crippen LogP) is 1.73. The quantitative estimate of drug-likeness (QED) is 0.511. The van der Waals surface area contributed by atoms with Gasteiger partial charge in [-0.25, -0.2) is 0 Å². The molecule has 1 aliphatic carbocycles. The van der Waals surface area contributed by atoms with E-state index in [9.17, 15) is 4.79 Å². The van der Waals surface area contributed by atoms with Gasteiger partial charge in [0.2, 0.25) is 0 Å². The van der Waals surface area contributed by atoms with Gasteiger partial charge in [-0.1, -0.05) is 0 Å². The molecular formula is C9H13NO2S. The molecule has 0 heterocycles. The van der Waals surface area contributed by atoms with Gasteiger partial charge in [0.1, 0.15) is 6.10 Å². The molecule has 0 amide bonds. The molecule has 4 heteroatoms. The molecule has 0 aromatic heterocycles. The van der Waals surface area contributed by atoms with Gasteiger partial charge in [-0.2, -0.15) is 5.26 Å². The molecule has 0 N–H and O–H groups in total. The monoisotopic (exact) mass is 199 g/mol. The average Bonchev–Trinajstić information content (AvgIpc) is 2.57. The van der Waals surface area contributed by atoms with E-state index in [0.29, 0.717) is 11.5 Å². The van der Waals surface area contributed by atoms with Crippen LogP contribution in [0.15, 0.2) is 0 Å². The lowest BCUT2D eigenvalue weighted by Gasteiger charge is -2.09. The SMILES string of the molecule is N#CCSCC(=O)OC1CCCC1. The molecule has 1 saturated carbocycles. The van der Waals surface area contributed by atoms with Gasteiger partial charge in [-0.3, -0.25) is 4.79 Å². The Morgan fingerprint density at radius 3 is 2.85 bits per heavy atom. The van der Waals surface area contributed by atoms with Crippen molar-refractivity contribution in [2.45, 2.75) is 31.8 Å². The molecule has 0 spiro atoms. The second-order valence-electron chi connectivity index (χ2n) is 3.05. The number of nitrogens with zero attached hydrogens (tertiary/aromatic N) is 1. The van der Waals surface area contributed by atoms with Gasteiger partial charge in [0, 0.05) is 0 Å². The van der Waals surface area contributed by atoms with Gasteiger partial charge in [-0.15, -0.1) is 11.8 Å². The molecule has 13 heavy (non-hydrogen) atoms. The molecule has 0 aliphatic heterocycles. The van der Waals surface area contributed by atoms with E-state index >= 15 is 0 Å². The summed E-state index contributed by atoms with van der Waals surface area (Å²) in [6, 6.07) is 1.97. The molecule has 0 aromatic carbocycles. The molecule has 1 rings (SSSR count). The molecule has 0 aromatic rings. The van der Waals surface area contributed by atoms with Crippen LogP contribution < -0.4 is 0 Å². The minimum Gasteiger partial charge on any atom is -0.462 e. The fourth-order valence-electron chi connectivity index (χ4n) is 1.41. The van der Waals surface area contributed by atoms with E-state index < -0.39 is 0 Å². The molecule has 0 saturated heterocycles. The Hall–Kier alpha value is -0.690. The number of carbonyl (C=O) groups excluding carboxylic acids is 1. The number of hydrogen-bond acceptors (Lipinski definition) is 4. The average molecular weight is 199 g/mol. The van der Waals surface area contributed by atoms with Crippen LogP contribution in [0.25, 0.3) is 0 Å². The summed E-state index contributed by atoms with van der Waals surface area (Å²) in [7, 11) is 0. The number of carbonyl (C=O) groups is 1. The third kappa shape index (κ3) is 4.18. The van der Waals surface area contributed by atoms with E-state index in [1.54, 1.807) is 0 Å². The normalized spacial score (nSPS) is 16.8. The number of thioether (sulfide) groups is 1. The van der Waals surface area contributed by atoms with Crippen molar-refractivity contribution in [2.75, 3.05) is 11.5 Å². The number of rotatable bonds is 4.